The Kier molecular flexibility index (Phi) is 4.25. The highest BCUT2D eigenvalue weighted by Gasteiger charge is 2.46. The molecule has 0 radical (unpaired) electrons. The van der Waals surface area contributed by atoms with Crippen LogP contribution < -0.4 is 5.32 Å². The molecule has 0 atom stereocenters. The summed E-state index contributed by atoms with van der Waals surface area (Å²) < 4.78 is 0. The molecule has 0 saturated heterocycles. The third-order valence-electron chi connectivity index (χ3n) is 4.45. The second-order valence-electron chi connectivity index (χ2n) is 5.77. The normalized spacial score (nSPS) is 24.4. The van der Waals surface area contributed by atoms with Gasteiger partial charge in [-0.15, -0.1) is 0 Å². The molecule has 102 valence electrons. The molecule has 2 aliphatic carbocycles. The van der Waals surface area contributed by atoms with Gasteiger partial charge in [0.2, 0.25) is 5.91 Å². The van der Waals surface area contributed by atoms with Gasteiger partial charge in [-0.3, -0.25) is 4.79 Å². The highest BCUT2D eigenvalue weighted by Crippen LogP contribution is 2.33. The molecule has 2 N–H and O–H groups in total. The van der Waals surface area contributed by atoms with Crippen LogP contribution in [-0.2, 0) is 9.59 Å². The van der Waals surface area contributed by atoms with Crippen molar-refractivity contribution in [1.29, 1.82) is 0 Å². The first-order valence-corrected chi connectivity index (χ1v) is 7.19. The maximum Gasteiger partial charge on any atom is 0.329 e. The van der Waals surface area contributed by atoms with Crippen LogP contribution in [0.2, 0.25) is 0 Å². The molecule has 4 heteroatoms. The van der Waals surface area contributed by atoms with Crippen molar-refractivity contribution in [3.8, 4) is 0 Å². The summed E-state index contributed by atoms with van der Waals surface area (Å²) in [6.45, 7) is 0. The maximum absolute atomic E-state index is 12.2. The predicted molar refractivity (Wildman–Crippen MR) is 68.2 cm³/mol. The first-order chi connectivity index (χ1) is 8.64. The van der Waals surface area contributed by atoms with Crippen molar-refractivity contribution < 1.29 is 14.7 Å². The van der Waals surface area contributed by atoms with E-state index in [1.54, 1.807) is 0 Å². The van der Waals surface area contributed by atoms with E-state index < -0.39 is 11.5 Å². The second-order valence-corrected chi connectivity index (χ2v) is 5.77. The maximum atomic E-state index is 12.2. The van der Waals surface area contributed by atoms with E-state index in [1.807, 2.05) is 0 Å². The summed E-state index contributed by atoms with van der Waals surface area (Å²) in [5, 5.41) is 12.0. The number of carbonyl (C=O) groups is 2. The third kappa shape index (κ3) is 2.85. The van der Waals surface area contributed by atoms with E-state index >= 15 is 0 Å². The summed E-state index contributed by atoms with van der Waals surface area (Å²) in [6, 6.07) is 0. The molecule has 2 aliphatic rings. The number of carboxylic acid groups (broad SMARTS) is 1. The molecule has 4 nitrogen and oxygen atoms in total. The summed E-state index contributed by atoms with van der Waals surface area (Å²) in [7, 11) is 0. The highest BCUT2D eigenvalue weighted by atomic mass is 16.4. The molecule has 0 bridgehead atoms. The molecule has 1 amide bonds. The monoisotopic (exact) mass is 253 g/mol. The summed E-state index contributed by atoms with van der Waals surface area (Å²) in [6.07, 6.45) is 9.77. The molecule has 0 aliphatic heterocycles. The van der Waals surface area contributed by atoms with Gasteiger partial charge >= 0.3 is 5.97 Å². The minimum Gasteiger partial charge on any atom is -0.480 e. The van der Waals surface area contributed by atoms with Gasteiger partial charge in [-0.2, -0.15) is 0 Å². The first kappa shape index (κ1) is 13.4. The summed E-state index contributed by atoms with van der Waals surface area (Å²) in [5.41, 5.74) is -0.945. The van der Waals surface area contributed by atoms with Crippen LogP contribution in [0, 0.1) is 5.92 Å². The van der Waals surface area contributed by atoms with E-state index in [2.05, 4.69) is 5.32 Å². The zero-order valence-corrected chi connectivity index (χ0v) is 10.9. The molecule has 2 saturated carbocycles. The van der Waals surface area contributed by atoms with Crippen molar-refractivity contribution in [2.45, 2.75) is 69.7 Å². The van der Waals surface area contributed by atoms with Crippen LogP contribution in [0.3, 0.4) is 0 Å². The summed E-state index contributed by atoms with van der Waals surface area (Å²) in [5.74, 6) is -0.867. The Bertz CT molecular complexity index is 315. The lowest BCUT2D eigenvalue weighted by molar-refractivity contribution is -0.152. The fourth-order valence-electron chi connectivity index (χ4n) is 2.98. The van der Waals surface area contributed by atoms with Gasteiger partial charge < -0.3 is 10.4 Å². The first-order valence-electron chi connectivity index (χ1n) is 7.19. The largest absolute Gasteiger partial charge is 0.480 e. The van der Waals surface area contributed by atoms with Gasteiger partial charge in [0.05, 0.1) is 0 Å². The van der Waals surface area contributed by atoms with E-state index in [-0.39, 0.29) is 11.8 Å². The van der Waals surface area contributed by atoms with Crippen LogP contribution in [0.4, 0.5) is 0 Å². The Morgan fingerprint density at radius 1 is 0.944 bits per heavy atom. The van der Waals surface area contributed by atoms with Gasteiger partial charge in [0.25, 0.3) is 0 Å². The average Bonchev–Trinajstić information content (AvgIpc) is 2.21. The van der Waals surface area contributed by atoms with Gasteiger partial charge in [-0.1, -0.05) is 32.1 Å². The second kappa shape index (κ2) is 5.72. The lowest BCUT2D eigenvalue weighted by Crippen LogP contribution is -2.60. The minimum atomic E-state index is -0.945. The molecule has 18 heavy (non-hydrogen) atoms. The fraction of sp³-hybridized carbons (Fsp3) is 0.857. The molecule has 2 fully saturated rings. The number of carbonyl (C=O) groups excluding carboxylic acids is 1. The predicted octanol–water partition coefficient (Wildman–Crippen LogP) is 2.47. The highest BCUT2D eigenvalue weighted by molar-refractivity contribution is 5.88. The number of hydrogen-bond acceptors (Lipinski definition) is 2. The smallest absolute Gasteiger partial charge is 0.329 e. The number of amides is 1. The third-order valence-corrected chi connectivity index (χ3v) is 4.45. The van der Waals surface area contributed by atoms with Crippen LogP contribution in [0.1, 0.15) is 64.2 Å². The zero-order chi connectivity index (χ0) is 13.0. The van der Waals surface area contributed by atoms with Crippen LogP contribution in [0.15, 0.2) is 0 Å². The lowest BCUT2D eigenvalue weighted by Gasteiger charge is -2.39. The molecule has 0 aromatic carbocycles. The average molecular weight is 253 g/mol. The van der Waals surface area contributed by atoms with Gasteiger partial charge in [0.15, 0.2) is 0 Å². The Balaban J connectivity index is 1.91. The number of carboxylic acids is 1. The van der Waals surface area contributed by atoms with Crippen molar-refractivity contribution in [2.24, 2.45) is 5.92 Å². The zero-order valence-electron chi connectivity index (χ0n) is 10.9. The van der Waals surface area contributed by atoms with E-state index in [9.17, 15) is 14.7 Å². The van der Waals surface area contributed by atoms with E-state index in [0.717, 1.165) is 32.1 Å². The minimum absolute atomic E-state index is 0.0287. The molecular formula is C14H23NO3. The number of hydrogen-bond donors (Lipinski definition) is 2. The summed E-state index contributed by atoms with van der Waals surface area (Å²) in [4.78, 5) is 23.4. The lowest BCUT2D eigenvalue weighted by atomic mass is 9.76. The van der Waals surface area contributed by atoms with Crippen molar-refractivity contribution in [3.05, 3.63) is 0 Å². The standard InChI is InChI=1S/C14H23NO3/c16-12(11-7-4-2-1-3-5-8-11)15-14(13(17)18)9-6-10-14/h11H,1-10H2,(H,15,16)(H,17,18). The van der Waals surface area contributed by atoms with Gasteiger partial charge in [-0.05, 0) is 32.1 Å². The number of nitrogens with one attached hydrogen (secondary N) is 1. The Hall–Kier alpha value is -1.06. The van der Waals surface area contributed by atoms with Gasteiger partial charge in [0.1, 0.15) is 5.54 Å². The van der Waals surface area contributed by atoms with Crippen LogP contribution in [-0.4, -0.2) is 22.5 Å². The molecule has 0 aromatic heterocycles. The number of rotatable bonds is 3. The topological polar surface area (TPSA) is 66.4 Å². The van der Waals surface area contributed by atoms with E-state index in [0.29, 0.717) is 12.8 Å². The molecule has 2 rings (SSSR count). The molecule has 0 heterocycles. The van der Waals surface area contributed by atoms with Crippen molar-refractivity contribution in [2.75, 3.05) is 0 Å². The fourth-order valence-corrected chi connectivity index (χ4v) is 2.98. The van der Waals surface area contributed by atoms with Crippen LogP contribution in [0.5, 0.6) is 0 Å². The quantitative estimate of drug-likeness (QED) is 0.812. The SMILES string of the molecule is O=C(NC1(C(=O)O)CCC1)C1CCCCCCC1. The van der Waals surface area contributed by atoms with Crippen LogP contribution >= 0.6 is 0 Å². The molecular weight excluding hydrogens is 230 g/mol. The van der Waals surface area contributed by atoms with Crippen LogP contribution in [0.25, 0.3) is 0 Å². The Morgan fingerprint density at radius 3 is 1.94 bits per heavy atom. The van der Waals surface area contributed by atoms with Crippen molar-refractivity contribution >= 4 is 11.9 Å². The van der Waals surface area contributed by atoms with E-state index in [4.69, 9.17) is 0 Å². The molecule has 0 unspecified atom stereocenters. The Morgan fingerprint density at radius 2 is 1.50 bits per heavy atom. The van der Waals surface area contributed by atoms with Gasteiger partial charge in [-0.25, -0.2) is 4.79 Å². The molecule has 0 aromatic rings. The molecule has 0 spiro atoms. The summed E-state index contributed by atoms with van der Waals surface area (Å²) >= 11 is 0. The van der Waals surface area contributed by atoms with Crippen molar-refractivity contribution in [3.63, 3.8) is 0 Å². The number of aliphatic carboxylic acids is 1. The van der Waals surface area contributed by atoms with Crippen molar-refractivity contribution in [1.82, 2.24) is 5.32 Å². The van der Waals surface area contributed by atoms with Gasteiger partial charge in [0, 0.05) is 5.92 Å². The van der Waals surface area contributed by atoms with E-state index in [1.165, 1.54) is 19.3 Å². The Labute approximate surface area is 108 Å².